The van der Waals surface area contributed by atoms with E-state index in [-0.39, 0.29) is 17.2 Å². The van der Waals surface area contributed by atoms with Gasteiger partial charge >= 0.3 is 5.97 Å². The van der Waals surface area contributed by atoms with Gasteiger partial charge in [0.2, 0.25) is 0 Å². The molecule has 4 nitrogen and oxygen atoms in total. The summed E-state index contributed by atoms with van der Waals surface area (Å²) in [6.45, 7) is 3.95. The molecule has 2 aliphatic rings. The number of hydrogen-bond donors (Lipinski definition) is 1. The second kappa shape index (κ2) is 4.53. The third kappa shape index (κ3) is 1.86. The summed E-state index contributed by atoms with van der Waals surface area (Å²) < 4.78 is 5.04. The molecule has 1 N–H and O–H groups in total. The zero-order valence-corrected chi connectivity index (χ0v) is 9.75. The van der Waals surface area contributed by atoms with Gasteiger partial charge in [-0.05, 0) is 44.7 Å². The maximum absolute atomic E-state index is 11.9. The van der Waals surface area contributed by atoms with Gasteiger partial charge in [0.15, 0.2) is 0 Å². The second-order valence-corrected chi connectivity index (χ2v) is 4.76. The molecule has 1 spiro atoms. The van der Waals surface area contributed by atoms with Crippen LogP contribution in [0.1, 0.15) is 32.6 Å². The highest BCUT2D eigenvalue weighted by molar-refractivity contribution is 6.01. The number of piperidine rings is 1. The predicted octanol–water partition coefficient (Wildman–Crippen LogP) is 0.898. The minimum atomic E-state index is -0.491. The number of esters is 1. The van der Waals surface area contributed by atoms with Gasteiger partial charge in [-0.2, -0.15) is 0 Å². The molecule has 0 aromatic heterocycles. The van der Waals surface area contributed by atoms with Crippen LogP contribution in [0.25, 0.3) is 0 Å². The van der Waals surface area contributed by atoms with E-state index in [0.717, 1.165) is 32.4 Å². The van der Waals surface area contributed by atoms with Gasteiger partial charge in [-0.25, -0.2) is 0 Å². The fourth-order valence-electron chi connectivity index (χ4n) is 3.07. The number of ketones is 1. The summed E-state index contributed by atoms with van der Waals surface area (Å²) in [5.41, 5.74) is -0.103. The van der Waals surface area contributed by atoms with Crippen LogP contribution in [-0.2, 0) is 14.3 Å². The Labute approximate surface area is 95.7 Å². The molecule has 2 fully saturated rings. The summed E-state index contributed by atoms with van der Waals surface area (Å²) in [5.74, 6) is -0.707. The number of ether oxygens (including phenoxy) is 1. The number of carbonyl (C=O) groups excluding carboxylic acids is 2. The highest BCUT2D eigenvalue weighted by Gasteiger charge is 2.52. The Balaban J connectivity index is 2.17. The molecule has 1 saturated carbocycles. The third-order valence-corrected chi connectivity index (χ3v) is 3.93. The van der Waals surface area contributed by atoms with Crippen molar-refractivity contribution in [3.63, 3.8) is 0 Å². The van der Waals surface area contributed by atoms with Crippen molar-refractivity contribution >= 4 is 11.8 Å². The molecule has 1 unspecified atom stereocenters. The zero-order chi connectivity index (χ0) is 11.6. The van der Waals surface area contributed by atoms with Gasteiger partial charge in [-0.1, -0.05) is 0 Å². The average Bonchev–Trinajstić information content (AvgIpc) is 2.57. The quantitative estimate of drug-likeness (QED) is 0.560. The van der Waals surface area contributed by atoms with Crippen LogP contribution in [0.3, 0.4) is 0 Å². The molecule has 90 valence electrons. The summed E-state index contributed by atoms with van der Waals surface area (Å²) in [4.78, 5) is 23.7. The normalized spacial score (nSPS) is 28.3. The molecule has 0 aromatic rings. The van der Waals surface area contributed by atoms with Crippen molar-refractivity contribution in [1.82, 2.24) is 5.32 Å². The molecule has 0 amide bonds. The van der Waals surface area contributed by atoms with Crippen LogP contribution in [0.4, 0.5) is 0 Å². The molecule has 1 aliphatic heterocycles. The lowest BCUT2D eigenvalue weighted by Gasteiger charge is -2.37. The lowest BCUT2D eigenvalue weighted by atomic mass is 9.71. The summed E-state index contributed by atoms with van der Waals surface area (Å²) in [7, 11) is 0. The molecule has 1 saturated heterocycles. The van der Waals surface area contributed by atoms with Crippen molar-refractivity contribution in [3.05, 3.63) is 0 Å². The van der Waals surface area contributed by atoms with E-state index in [0.29, 0.717) is 13.0 Å². The van der Waals surface area contributed by atoms with E-state index >= 15 is 0 Å². The SMILES string of the molecule is CCOC(=O)C1C(=O)CCC12CCNCC2. The van der Waals surface area contributed by atoms with Crippen LogP contribution in [0.15, 0.2) is 0 Å². The van der Waals surface area contributed by atoms with Crippen molar-refractivity contribution in [1.29, 1.82) is 0 Å². The van der Waals surface area contributed by atoms with Crippen LogP contribution < -0.4 is 5.32 Å². The van der Waals surface area contributed by atoms with Gasteiger partial charge in [-0.15, -0.1) is 0 Å². The fourth-order valence-corrected chi connectivity index (χ4v) is 3.07. The number of hydrogen-bond acceptors (Lipinski definition) is 4. The van der Waals surface area contributed by atoms with Crippen LogP contribution in [-0.4, -0.2) is 31.4 Å². The Morgan fingerprint density at radius 1 is 1.44 bits per heavy atom. The van der Waals surface area contributed by atoms with E-state index in [4.69, 9.17) is 4.74 Å². The topological polar surface area (TPSA) is 55.4 Å². The molecule has 2 rings (SSSR count). The smallest absolute Gasteiger partial charge is 0.317 e. The van der Waals surface area contributed by atoms with Crippen molar-refractivity contribution in [2.24, 2.45) is 11.3 Å². The first-order chi connectivity index (χ1) is 7.69. The standard InChI is InChI=1S/C12H19NO3/c1-2-16-11(15)10-9(14)3-4-12(10)5-7-13-8-6-12/h10,13H,2-8H2,1H3. The highest BCUT2D eigenvalue weighted by Crippen LogP contribution is 2.48. The van der Waals surface area contributed by atoms with E-state index in [1.165, 1.54) is 0 Å². The highest BCUT2D eigenvalue weighted by atomic mass is 16.5. The van der Waals surface area contributed by atoms with E-state index < -0.39 is 5.92 Å². The van der Waals surface area contributed by atoms with Gasteiger partial charge in [0.05, 0.1) is 6.61 Å². The Kier molecular flexibility index (Phi) is 3.28. The Bertz CT molecular complexity index is 295. The lowest BCUT2D eigenvalue weighted by molar-refractivity contribution is -0.155. The molecule has 4 heteroatoms. The molecule has 1 aliphatic carbocycles. The largest absolute Gasteiger partial charge is 0.465 e. The van der Waals surface area contributed by atoms with E-state index in [2.05, 4.69) is 5.32 Å². The average molecular weight is 225 g/mol. The van der Waals surface area contributed by atoms with Gasteiger partial charge in [0, 0.05) is 6.42 Å². The minimum absolute atomic E-state index is 0.0837. The van der Waals surface area contributed by atoms with Crippen LogP contribution in [0.5, 0.6) is 0 Å². The van der Waals surface area contributed by atoms with Gasteiger partial charge in [0.25, 0.3) is 0 Å². The number of carbonyl (C=O) groups is 2. The van der Waals surface area contributed by atoms with Crippen LogP contribution in [0.2, 0.25) is 0 Å². The molecule has 0 bridgehead atoms. The number of nitrogens with one attached hydrogen (secondary N) is 1. The van der Waals surface area contributed by atoms with Crippen LogP contribution >= 0.6 is 0 Å². The molecule has 0 radical (unpaired) electrons. The molecule has 1 heterocycles. The van der Waals surface area contributed by atoms with Crippen LogP contribution in [0, 0.1) is 11.3 Å². The minimum Gasteiger partial charge on any atom is -0.465 e. The Morgan fingerprint density at radius 3 is 2.75 bits per heavy atom. The Hall–Kier alpha value is -0.900. The second-order valence-electron chi connectivity index (χ2n) is 4.76. The summed E-state index contributed by atoms with van der Waals surface area (Å²) in [6, 6.07) is 0. The van der Waals surface area contributed by atoms with Crippen molar-refractivity contribution in [2.45, 2.75) is 32.6 Å². The summed E-state index contributed by atoms with van der Waals surface area (Å²) in [5, 5.41) is 3.28. The third-order valence-electron chi connectivity index (χ3n) is 3.93. The summed E-state index contributed by atoms with van der Waals surface area (Å²) in [6.07, 6.45) is 3.24. The van der Waals surface area contributed by atoms with E-state index in [1.54, 1.807) is 6.92 Å². The first kappa shape index (κ1) is 11.6. The van der Waals surface area contributed by atoms with Crippen molar-refractivity contribution < 1.29 is 14.3 Å². The van der Waals surface area contributed by atoms with Gasteiger partial charge < -0.3 is 10.1 Å². The molecule has 16 heavy (non-hydrogen) atoms. The van der Waals surface area contributed by atoms with E-state index in [1.807, 2.05) is 0 Å². The lowest BCUT2D eigenvalue weighted by Crippen LogP contribution is -2.43. The Morgan fingerprint density at radius 2 is 2.12 bits per heavy atom. The summed E-state index contributed by atoms with van der Waals surface area (Å²) >= 11 is 0. The number of Topliss-reactive ketones (excluding diaryl/α,β-unsaturated/α-hetero) is 1. The maximum atomic E-state index is 11.9. The maximum Gasteiger partial charge on any atom is 0.317 e. The molecule has 1 atom stereocenters. The zero-order valence-electron chi connectivity index (χ0n) is 9.75. The van der Waals surface area contributed by atoms with Crippen molar-refractivity contribution in [2.75, 3.05) is 19.7 Å². The fraction of sp³-hybridized carbons (Fsp3) is 0.833. The number of rotatable bonds is 2. The molecular formula is C12H19NO3. The van der Waals surface area contributed by atoms with Crippen molar-refractivity contribution in [3.8, 4) is 0 Å². The molecular weight excluding hydrogens is 206 g/mol. The van der Waals surface area contributed by atoms with Gasteiger partial charge in [0.1, 0.15) is 11.7 Å². The van der Waals surface area contributed by atoms with Gasteiger partial charge in [-0.3, -0.25) is 9.59 Å². The molecule has 0 aromatic carbocycles. The van der Waals surface area contributed by atoms with E-state index in [9.17, 15) is 9.59 Å². The monoisotopic (exact) mass is 225 g/mol. The first-order valence-electron chi connectivity index (χ1n) is 6.10. The first-order valence-corrected chi connectivity index (χ1v) is 6.10. The predicted molar refractivity (Wildman–Crippen MR) is 58.9 cm³/mol.